The lowest BCUT2D eigenvalue weighted by Crippen LogP contribution is -2.28. The van der Waals surface area contributed by atoms with Crippen LogP contribution in [0.1, 0.15) is 18.4 Å². The minimum Gasteiger partial charge on any atom is -0.364 e. The molecule has 1 aliphatic rings. The third-order valence-corrected chi connectivity index (χ3v) is 6.47. The molecule has 1 saturated heterocycles. The van der Waals surface area contributed by atoms with Crippen molar-refractivity contribution < 1.29 is 4.79 Å². The molecule has 10 heteroatoms. The van der Waals surface area contributed by atoms with Gasteiger partial charge in [0.25, 0.3) is 0 Å². The molecule has 0 radical (unpaired) electrons. The van der Waals surface area contributed by atoms with Crippen LogP contribution in [0.4, 0.5) is 17.5 Å². The van der Waals surface area contributed by atoms with Gasteiger partial charge in [0, 0.05) is 56.4 Å². The van der Waals surface area contributed by atoms with Crippen molar-refractivity contribution in [3.8, 4) is 5.69 Å². The number of carbonyl (C=O) groups excluding carboxylic acids is 1. The number of fused-ring (bicyclic) bond motifs is 1. The Kier molecular flexibility index (Phi) is 6.20. The SMILES string of the molecule is O=C1CCCN1CCn1cnc2c(NCc3ccccc3)nc(Nc3ccc(-n4ccnc4)cc3)nc21. The van der Waals surface area contributed by atoms with Gasteiger partial charge in [-0.05, 0) is 36.2 Å². The Labute approximate surface area is 214 Å². The smallest absolute Gasteiger partial charge is 0.231 e. The first-order chi connectivity index (χ1) is 18.2. The minimum atomic E-state index is 0.214. The molecular weight excluding hydrogens is 466 g/mol. The molecule has 0 saturated carbocycles. The van der Waals surface area contributed by atoms with Gasteiger partial charge in [0.2, 0.25) is 11.9 Å². The third kappa shape index (κ3) is 4.99. The number of likely N-dealkylation sites (tertiary alicyclic amines) is 1. The molecule has 0 bridgehead atoms. The van der Waals surface area contributed by atoms with Crippen molar-refractivity contribution in [3.63, 3.8) is 0 Å². The Morgan fingerprint density at radius 2 is 1.81 bits per heavy atom. The van der Waals surface area contributed by atoms with E-state index in [2.05, 4.69) is 32.7 Å². The first-order valence-electron chi connectivity index (χ1n) is 12.4. The van der Waals surface area contributed by atoms with Gasteiger partial charge in [-0.25, -0.2) is 9.97 Å². The zero-order valence-corrected chi connectivity index (χ0v) is 20.3. The molecule has 1 aliphatic heterocycles. The normalized spacial score (nSPS) is 13.4. The molecule has 186 valence electrons. The van der Waals surface area contributed by atoms with E-state index in [0.29, 0.717) is 43.3 Å². The Bertz CT molecular complexity index is 1490. The Morgan fingerprint density at radius 3 is 2.57 bits per heavy atom. The molecule has 1 amide bonds. The molecule has 0 atom stereocenters. The summed E-state index contributed by atoms with van der Waals surface area (Å²) in [6.45, 7) is 2.68. The van der Waals surface area contributed by atoms with Crippen molar-refractivity contribution >= 4 is 34.5 Å². The monoisotopic (exact) mass is 493 g/mol. The van der Waals surface area contributed by atoms with Gasteiger partial charge in [0.15, 0.2) is 17.0 Å². The van der Waals surface area contributed by atoms with Gasteiger partial charge in [-0.15, -0.1) is 0 Å². The summed E-state index contributed by atoms with van der Waals surface area (Å²) in [7, 11) is 0. The zero-order valence-electron chi connectivity index (χ0n) is 20.3. The number of nitrogens with zero attached hydrogens (tertiary/aromatic N) is 7. The number of aromatic nitrogens is 6. The van der Waals surface area contributed by atoms with Crippen LogP contribution in [0.25, 0.3) is 16.9 Å². The van der Waals surface area contributed by atoms with Crippen LogP contribution in [0.5, 0.6) is 0 Å². The quantitative estimate of drug-likeness (QED) is 0.320. The first-order valence-corrected chi connectivity index (χ1v) is 12.4. The number of benzene rings is 2. The molecule has 1 fully saturated rings. The van der Waals surface area contributed by atoms with Crippen LogP contribution < -0.4 is 10.6 Å². The highest BCUT2D eigenvalue weighted by atomic mass is 16.2. The summed E-state index contributed by atoms with van der Waals surface area (Å²) in [5.41, 5.74) is 4.44. The van der Waals surface area contributed by atoms with Crippen molar-refractivity contribution in [3.05, 3.63) is 85.2 Å². The van der Waals surface area contributed by atoms with Crippen LogP contribution in [0.15, 0.2) is 79.6 Å². The first kappa shape index (κ1) is 22.7. The van der Waals surface area contributed by atoms with Crippen LogP contribution in [-0.2, 0) is 17.9 Å². The summed E-state index contributed by atoms with van der Waals surface area (Å²) >= 11 is 0. The highest BCUT2D eigenvalue weighted by molar-refractivity contribution is 5.85. The number of hydrogen-bond donors (Lipinski definition) is 2. The van der Waals surface area contributed by atoms with Crippen molar-refractivity contribution in [2.24, 2.45) is 0 Å². The summed E-state index contributed by atoms with van der Waals surface area (Å²) < 4.78 is 3.94. The number of imidazole rings is 2. The molecule has 3 aromatic heterocycles. The van der Waals surface area contributed by atoms with E-state index in [1.165, 1.54) is 0 Å². The van der Waals surface area contributed by atoms with E-state index >= 15 is 0 Å². The fraction of sp³-hybridized carbons (Fsp3) is 0.222. The van der Waals surface area contributed by atoms with Gasteiger partial charge in [-0.3, -0.25) is 4.79 Å². The van der Waals surface area contributed by atoms with Crippen LogP contribution >= 0.6 is 0 Å². The lowest BCUT2D eigenvalue weighted by Gasteiger charge is -2.16. The lowest BCUT2D eigenvalue weighted by atomic mass is 10.2. The molecule has 10 nitrogen and oxygen atoms in total. The average Bonchev–Trinajstić information content (AvgIpc) is 3.69. The molecule has 4 heterocycles. The summed E-state index contributed by atoms with van der Waals surface area (Å²) in [6, 6.07) is 18.1. The fourth-order valence-electron chi connectivity index (χ4n) is 4.50. The van der Waals surface area contributed by atoms with Gasteiger partial charge >= 0.3 is 0 Å². The molecule has 37 heavy (non-hydrogen) atoms. The van der Waals surface area contributed by atoms with E-state index in [1.807, 2.05) is 62.7 Å². The average molecular weight is 494 g/mol. The van der Waals surface area contributed by atoms with Gasteiger partial charge in [-0.2, -0.15) is 9.97 Å². The Balaban J connectivity index is 1.28. The van der Waals surface area contributed by atoms with E-state index in [4.69, 9.17) is 9.97 Å². The molecule has 6 rings (SSSR count). The lowest BCUT2D eigenvalue weighted by molar-refractivity contribution is -0.127. The number of rotatable bonds is 9. The molecule has 2 aromatic carbocycles. The van der Waals surface area contributed by atoms with Crippen LogP contribution in [-0.4, -0.2) is 53.0 Å². The summed E-state index contributed by atoms with van der Waals surface area (Å²) in [4.78, 5) is 32.3. The maximum atomic E-state index is 12.1. The largest absolute Gasteiger partial charge is 0.364 e. The highest BCUT2D eigenvalue weighted by Crippen LogP contribution is 2.24. The second-order valence-corrected chi connectivity index (χ2v) is 8.97. The third-order valence-electron chi connectivity index (χ3n) is 6.47. The van der Waals surface area contributed by atoms with E-state index < -0.39 is 0 Å². The van der Waals surface area contributed by atoms with Crippen molar-refractivity contribution in [1.82, 2.24) is 34.0 Å². The van der Waals surface area contributed by atoms with E-state index in [0.717, 1.165) is 35.6 Å². The van der Waals surface area contributed by atoms with Gasteiger partial charge in [-0.1, -0.05) is 30.3 Å². The van der Waals surface area contributed by atoms with Gasteiger partial charge in [0.1, 0.15) is 0 Å². The van der Waals surface area contributed by atoms with E-state index in [9.17, 15) is 4.79 Å². The number of hydrogen-bond acceptors (Lipinski definition) is 7. The van der Waals surface area contributed by atoms with Crippen LogP contribution in [0.3, 0.4) is 0 Å². The fourth-order valence-corrected chi connectivity index (χ4v) is 4.50. The van der Waals surface area contributed by atoms with E-state index in [1.54, 1.807) is 18.9 Å². The number of amides is 1. The molecule has 0 aliphatic carbocycles. The summed E-state index contributed by atoms with van der Waals surface area (Å²) in [6.07, 6.45) is 8.75. The van der Waals surface area contributed by atoms with Gasteiger partial charge < -0.3 is 24.7 Å². The Hall–Kier alpha value is -4.73. The summed E-state index contributed by atoms with van der Waals surface area (Å²) in [5.74, 6) is 1.34. The van der Waals surface area contributed by atoms with Crippen LogP contribution in [0, 0.1) is 0 Å². The second-order valence-electron chi connectivity index (χ2n) is 8.97. The van der Waals surface area contributed by atoms with Crippen molar-refractivity contribution in [1.29, 1.82) is 0 Å². The molecular formula is C27H27N9O. The van der Waals surface area contributed by atoms with Gasteiger partial charge in [0.05, 0.1) is 12.7 Å². The number of nitrogens with one attached hydrogen (secondary N) is 2. The number of carbonyl (C=O) groups is 1. The minimum absolute atomic E-state index is 0.214. The van der Waals surface area contributed by atoms with E-state index in [-0.39, 0.29) is 5.91 Å². The molecule has 2 N–H and O–H groups in total. The standard InChI is InChI=1S/C27H27N9O/c37-23-7-4-13-34(23)15-16-36-19-30-24-25(29-17-20-5-2-1-3-6-20)32-27(33-26(24)36)31-21-8-10-22(11-9-21)35-14-12-28-18-35/h1-3,5-6,8-12,14,18-19H,4,7,13,15-17H2,(H2,29,31,32,33). The maximum absolute atomic E-state index is 12.1. The van der Waals surface area contributed by atoms with Crippen molar-refractivity contribution in [2.75, 3.05) is 23.7 Å². The summed E-state index contributed by atoms with van der Waals surface area (Å²) in [5, 5.41) is 6.77. The number of anilines is 3. The second kappa shape index (κ2) is 10.1. The predicted octanol–water partition coefficient (Wildman–Crippen LogP) is 3.99. The topological polar surface area (TPSA) is 106 Å². The maximum Gasteiger partial charge on any atom is 0.231 e. The molecule has 0 spiro atoms. The molecule has 5 aromatic rings. The predicted molar refractivity (Wildman–Crippen MR) is 142 cm³/mol. The van der Waals surface area contributed by atoms with Crippen molar-refractivity contribution in [2.45, 2.75) is 25.9 Å². The Morgan fingerprint density at radius 1 is 0.946 bits per heavy atom. The zero-order chi connectivity index (χ0) is 25.0. The molecule has 0 unspecified atom stereocenters. The van der Waals surface area contributed by atoms with Crippen LogP contribution in [0.2, 0.25) is 0 Å². The highest BCUT2D eigenvalue weighted by Gasteiger charge is 2.20.